The van der Waals surface area contributed by atoms with Crippen LogP contribution >= 0.6 is 0 Å². The lowest BCUT2D eigenvalue weighted by atomic mass is 9.78. The van der Waals surface area contributed by atoms with Crippen LogP contribution in [0.2, 0.25) is 0 Å². The van der Waals surface area contributed by atoms with E-state index in [1.165, 1.54) is 24.8 Å². The molecule has 1 fully saturated rings. The van der Waals surface area contributed by atoms with Crippen LogP contribution in [0.3, 0.4) is 0 Å². The average Bonchev–Trinajstić information content (AvgIpc) is 2.25. The van der Waals surface area contributed by atoms with E-state index in [4.69, 9.17) is 0 Å². The molecule has 1 aliphatic carbocycles. The summed E-state index contributed by atoms with van der Waals surface area (Å²) in [5.74, 6) is 0.556. The maximum Gasteiger partial charge on any atom is 0.389 e. The minimum Gasteiger partial charge on any atom is -0.385 e. The summed E-state index contributed by atoms with van der Waals surface area (Å²) in [6, 6.07) is 7.69. The van der Waals surface area contributed by atoms with E-state index in [-0.39, 0.29) is 12.8 Å². The highest BCUT2D eigenvalue weighted by atomic mass is 19.4. The molecule has 0 aliphatic heterocycles. The molecule has 20 heavy (non-hydrogen) atoms. The van der Waals surface area contributed by atoms with E-state index in [1.807, 2.05) is 18.2 Å². The molecule has 112 valence electrons. The Balaban J connectivity index is 2.00. The molecule has 0 bridgehead atoms. The first-order valence-electron chi connectivity index (χ1n) is 7.17. The van der Waals surface area contributed by atoms with Gasteiger partial charge in [0.05, 0.1) is 5.60 Å². The number of benzene rings is 1. The van der Waals surface area contributed by atoms with Gasteiger partial charge in [0.2, 0.25) is 0 Å². The highest BCUT2D eigenvalue weighted by Crippen LogP contribution is 2.38. The fourth-order valence-corrected chi connectivity index (χ4v) is 2.65. The molecule has 0 spiro atoms. The zero-order chi connectivity index (χ0) is 14.8. The van der Waals surface area contributed by atoms with E-state index in [0.717, 1.165) is 5.56 Å². The summed E-state index contributed by atoms with van der Waals surface area (Å²) in [4.78, 5) is 0. The second-order valence-corrected chi connectivity index (χ2v) is 6.00. The molecule has 1 aliphatic rings. The third kappa shape index (κ3) is 3.98. The third-order valence-corrected chi connectivity index (χ3v) is 4.21. The monoisotopic (exact) mass is 286 g/mol. The van der Waals surface area contributed by atoms with Crippen molar-refractivity contribution in [2.75, 3.05) is 0 Å². The Kier molecular flexibility index (Phi) is 4.43. The van der Waals surface area contributed by atoms with Crippen molar-refractivity contribution in [2.45, 2.75) is 63.1 Å². The van der Waals surface area contributed by atoms with Gasteiger partial charge in [-0.25, -0.2) is 0 Å². The molecule has 1 saturated carbocycles. The van der Waals surface area contributed by atoms with Gasteiger partial charge in [-0.05, 0) is 49.7 Å². The first-order chi connectivity index (χ1) is 9.28. The van der Waals surface area contributed by atoms with E-state index in [0.29, 0.717) is 5.92 Å². The molecule has 0 radical (unpaired) electrons. The van der Waals surface area contributed by atoms with Crippen molar-refractivity contribution in [3.05, 3.63) is 35.4 Å². The topological polar surface area (TPSA) is 20.2 Å². The van der Waals surface area contributed by atoms with Gasteiger partial charge in [-0.1, -0.05) is 30.7 Å². The number of hydrogen-bond acceptors (Lipinski definition) is 1. The van der Waals surface area contributed by atoms with Crippen molar-refractivity contribution in [1.82, 2.24) is 0 Å². The number of aliphatic hydroxyl groups is 1. The number of hydrogen-bond donors (Lipinski definition) is 1. The van der Waals surface area contributed by atoms with Gasteiger partial charge < -0.3 is 5.11 Å². The van der Waals surface area contributed by atoms with Crippen molar-refractivity contribution in [3.63, 3.8) is 0 Å². The Morgan fingerprint density at radius 1 is 1.20 bits per heavy atom. The summed E-state index contributed by atoms with van der Waals surface area (Å²) in [5.41, 5.74) is 0.735. The quantitative estimate of drug-likeness (QED) is 0.816. The first-order valence-corrected chi connectivity index (χ1v) is 7.17. The molecular weight excluding hydrogens is 265 g/mol. The van der Waals surface area contributed by atoms with Gasteiger partial charge in [0, 0.05) is 6.42 Å². The van der Waals surface area contributed by atoms with Crippen LogP contribution < -0.4 is 0 Å². The molecule has 1 aromatic rings. The van der Waals surface area contributed by atoms with Gasteiger partial charge in [0.1, 0.15) is 0 Å². The van der Waals surface area contributed by atoms with Crippen LogP contribution in [0.15, 0.2) is 24.3 Å². The highest BCUT2D eigenvalue weighted by molar-refractivity contribution is 5.31. The van der Waals surface area contributed by atoms with Crippen molar-refractivity contribution >= 4 is 0 Å². The van der Waals surface area contributed by atoms with Crippen LogP contribution in [0.25, 0.3) is 0 Å². The molecule has 1 unspecified atom stereocenters. The summed E-state index contributed by atoms with van der Waals surface area (Å²) >= 11 is 0. The van der Waals surface area contributed by atoms with Crippen LogP contribution in [0.5, 0.6) is 0 Å². The maximum atomic E-state index is 12.2. The van der Waals surface area contributed by atoms with Gasteiger partial charge in [-0.3, -0.25) is 0 Å². The van der Waals surface area contributed by atoms with E-state index >= 15 is 0 Å². The molecule has 0 heterocycles. The molecule has 4 heteroatoms. The van der Waals surface area contributed by atoms with Crippen LogP contribution in [-0.2, 0) is 5.60 Å². The predicted octanol–water partition coefficient (Wildman–Crippen LogP) is 4.89. The van der Waals surface area contributed by atoms with E-state index in [9.17, 15) is 18.3 Å². The minimum atomic E-state index is -4.15. The largest absolute Gasteiger partial charge is 0.389 e. The van der Waals surface area contributed by atoms with Crippen molar-refractivity contribution < 1.29 is 18.3 Å². The number of alkyl halides is 3. The SMILES string of the molecule is CC(O)(CCCC(F)(F)F)c1cccc(C2CCC2)c1. The Labute approximate surface area is 117 Å². The lowest BCUT2D eigenvalue weighted by molar-refractivity contribution is -0.137. The number of halogens is 3. The minimum absolute atomic E-state index is 0.0514. The van der Waals surface area contributed by atoms with Crippen molar-refractivity contribution in [3.8, 4) is 0 Å². The van der Waals surface area contributed by atoms with Gasteiger partial charge in [0.25, 0.3) is 0 Å². The lowest BCUT2D eigenvalue weighted by Crippen LogP contribution is -2.22. The van der Waals surface area contributed by atoms with Crippen LogP contribution in [0.4, 0.5) is 13.2 Å². The summed E-state index contributed by atoms with van der Waals surface area (Å²) < 4.78 is 36.5. The lowest BCUT2D eigenvalue weighted by Gasteiger charge is -2.29. The summed E-state index contributed by atoms with van der Waals surface area (Å²) in [6.07, 6.45) is -1.35. The van der Waals surface area contributed by atoms with E-state index in [2.05, 4.69) is 0 Å². The van der Waals surface area contributed by atoms with E-state index < -0.39 is 18.2 Å². The fraction of sp³-hybridized carbons (Fsp3) is 0.625. The molecule has 1 atom stereocenters. The van der Waals surface area contributed by atoms with Gasteiger partial charge in [-0.15, -0.1) is 0 Å². The third-order valence-electron chi connectivity index (χ3n) is 4.21. The molecule has 1 nitrogen and oxygen atoms in total. The second-order valence-electron chi connectivity index (χ2n) is 6.00. The Hall–Kier alpha value is -1.03. The zero-order valence-electron chi connectivity index (χ0n) is 11.7. The average molecular weight is 286 g/mol. The van der Waals surface area contributed by atoms with Crippen LogP contribution in [0, 0.1) is 0 Å². The Bertz CT molecular complexity index is 447. The summed E-state index contributed by atoms with van der Waals surface area (Å²) in [6.45, 7) is 1.60. The van der Waals surface area contributed by atoms with Crippen LogP contribution in [-0.4, -0.2) is 11.3 Å². The van der Waals surface area contributed by atoms with E-state index in [1.54, 1.807) is 13.0 Å². The standard InChI is InChI=1S/C16H21F3O/c1-15(20,9-4-10-16(17,18)19)14-8-3-7-13(11-14)12-5-2-6-12/h3,7-8,11-12,20H,2,4-6,9-10H2,1H3. The van der Waals surface area contributed by atoms with Crippen molar-refractivity contribution in [1.29, 1.82) is 0 Å². The maximum absolute atomic E-state index is 12.2. The summed E-state index contributed by atoms with van der Waals surface area (Å²) in [5, 5.41) is 10.4. The molecule has 2 rings (SSSR count). The molecule has 1 N–H and O–H groups in total. The molecular formula is C16H21F3O. The predicted molar refractivity (Wildman–Crippen MR) is 72.5 cm³/mol. The van der Waals surface area contributed by atoms with Crippen LogP contribution in [0.1, 0.15) is 62.5 Å². The fourth-order valence-electron chi connectivity index (χ4n) is 2.65. The zero-order valence-corrected chi connectivity index (χ0v) is 11.7. The smallest absolute Gasteiger partial charge is 0.385 e. The number of rotatable bonds is 5. The van der Waals surface area contributed by atoms with Gasteiger partial charge in [-0.2, -0.15) is 13.2 Å². The molecule has 0 saturated heterocycles. The normalized spacial score (nSPS) is 19.4. The second kappa shape index (κ2) is 5.76. The molecule has 0 aromatic heterocycles. The summed E-state index contributed by atoms with van der Waals surface area (Å²) in [7, 11) is 0. The molecule has 0 amide bonds. The van der Waals surface area contributed by atoms with Crippen molar-refractivity contribution in [2.24, 2.45) is 0 Å². The Morgan fingerprint density at radius 3 is 2.45 bits per heavy atom. The Morgan fingerprint density at radius 2 is 1.90 bits per heavy atom. The van der Waals surface area contributed by atoms with Gasteiger partial charge >= 0.3 is 6.18 Å². The highest BCUT2D eigenvalue weighted by Gasteiger charge is 2.30. The van der Waals surface area contributed by atoms with Gasteiger partial charge in [0.15, 0.2) is 0 Å². The molecule has 1 aromatic carbocycles. The first kappa shape index (κ1) is 15.4.